The molecule has 19 heavy (non-hydrogen) atoms. The van der Waals surface area contributed by atoms with E-state index >= 15 is 0 Å². The van der Waals surface area contributed by atoms with Gasteiger partial charge in [-0.15, -0.1) is 0 Å². The maximum absolute atomic E-state index is 11.8. The molecule has 1 N–H and O–H groups in total. The zero-order valence-electron chi connectivity index (χ0n) is 11.3. The highest BCUT2D eigenvalue weighted by molar-refractivity contribution is 6.02. The molecule has 100 valence electrons. The molecule has 1 heterocycles. The van der Waals surface area contributed by atoms with Crippen LogP contribution in [0.4, 0.5) is 5.69 Å². The molecule has 4 nitrogen and oxygen atoms in total. The molecule has 1 aromatic heterocycles. The first-order valence-electron chi connectivity index (χ1n) is 6.18. The lowest BCUT2D eigenvalue weighted by molar-refractivity contribution is 0.0996. The van der Waals surface area contributed by atoms with Crippen LogP contribution in [-0.4, -0.2) is 12.0 Å². The lowest BCUT2D eigenvalue weighted by Gasteiger charge is -2.13. The minimum Gasteiger partial charge on any atom is -0.491 e. The zero-order valence-corrected chi connectivity index (χ0v) is 11.3. The van der Waals surface area contributed by atoms with E-state index in [1.807, 2.05) is 39.0 Å². The Bertz CT molecular complexity index is 559. The first-order chi connectivity index (χ1) is 9.06. The number of benzene rings is 1. The largest absolute Gasteiger partial charge is 0.491 e. The Morgan fingerprint density at radius 3 is 2.68 bits per heavy atom. The third-order valence-corrected chi connectivity index (χ3v) is 2.54. The van der Waals surface area contributed by atoms with Gasteiger partial charge in [-0.05, 0) is 56.7 Å². The molecule has 2 aromatic rings. The van der Waals surface area contributed by atoms with Crippen LogP contribution in [0.15, 0.2) is 41.0 Å². The molecule has 1 aromatic carbocycles. The van der Waals surface area contributed by atoms with Crippen molar-refractivity contribution in [3.63, 3.8) is 0 Å². The lowest BCUT2D eigenvalue weighted by Crippen LogP contribution is -2.11. The van der Waals surface area contributed by atoms with E-state index in [1.165, 1.54) is 6.26 Å². The molecule has 0 spiro atoms. The summed E-state index contributed by atoms with van der Waals surface area (Å²) in [6.45, 7) is 5.90. The Balaban J connectivity index is 2.10. The second-order valence-corrected chi connectivity index (χ2v) is 4.58. The molecule has 2 rings (SSSR count). The fourth-order valence-corrected chi connectivity index (χ4v) is 1.71. The summed E-state index contributed by atoms with van der Waals surface area (Å²) in [6, 6.07) is 8.84. The van der Waals surface area contributed by atoms with Crippen LogP contribution in [0.3, 0.4) is 0 Å². The second kappa shape index (κ2) is 5.61. The standard InChI is InChI=1S/C15H17NO3/c1-10(2)19-13-7-6-12(9-11(13)3)16-15(17)14-5-4-8-18-14/h4-10H,1-3H3,(H,16,17). The quantitative estimate of drug-likeness (QED) is 0.912. The number of hydrogen-bond acceptors (Lipinski definition) is 3. The minimum atomic E-state index is -0.262. The summed E-state index contributed by atoms with van der Waals surface area (Å²) in [6.07, 6.45) is 1.60. The van der Waals surface area contributed by atoms with Crippen LogP contribution >= 0.6 is 0 Å². The predicted octanol–water partition coefficient (Wildman–Crippen LogP) is 3.63. The highest BCUT2D eigenvalue weighted by atomic mass is 16.5. The normalized spacial score (nSPS) is 10.5. The number of aryl methyl sites for hydroxylation is 1. The van der Waals surface area contributed by atoms with E-state index in [0.717, 1.165) is 17.0 Å². The predicted molar refractivity (Wildman–Crippen MR) is 73.6 cm³/mol. The average molecular weight is 259 g/mol. The summed E-state index contributed by atoms with van der Waals surface area (Å²) < 4.78 is 10.7. The highest BCUT2D eigenvalue weighted by Crippen LogP contribution is 2.23. The van der Waals surface area contributed by atoms with Crippen LogP contribution in [0.2, 0.25) is 0 Å². The van der Waals surface area contributed by atoms with E-state index in [2.05, 4.69) is 5.32 Å². The number of furan rings is 1. The number of carbonyl (C=O) groups is 1. The molecule has 0 saturated heterocycles. The molecule has 0 saturated carbocycles. The number of ether oxygens (including phenoxy) is 1. The Labute approximate surface area is 112 Å². The molecule has 0 fully saturated rings. The Kier molecular flexibility index (Phi) is 3.90. The van der Waals surface area contributed by atoms with Gasteiger partial charge in [0.1, 0.15) is 5.75 Å². The van der Waals surface area contributed by atoms with Crippen molar-refractivity contribution < 1.29 is 13.9 Å². The second-order valence-electron chi connectivity index (χ2n) is 4.58. The number of anilines is 1. The fraction of sp³-hybridized carbons (Fsp3) is 0.267. The van der Waals surface area contributed by atoms with Gasteiger partial charge in [0.25, 0.3) is 5.91 Å². The van der Waals surface area contributed by atoms with Crippen LogP contribution in [-0.2, 0) is 0 Å². The topological polar surface area (TPSA) is 51.5 Å². The van der Waals surface area contributed by atoms with Gasteiger partial charge in [0.15, 0.2) is 5.76 Å². The summed E-state index contributed by atoms with van der Waals surface area (Å²) in [5.41, 5.74) is 1.70. The fourth-order valence-electron chi connectivity index (χ4n) is 1.71. The minimum absolute atomic E-state index is 0.127. The van der Waals surface area contributed by atoms with Crippen molar-refractivity contribution in [2.45, 2.75) is 26.9 Å². The van der Waals surface area contributed by atoms with Gasteiger partial charge < -0.3 is 14.5 Å². The van der Waals surface area contributed by atoms with Crippen LogP contribution in [0.1, 0.15) is 30.0 Å². The van der Waals surface area contributed by atoms with Crippen molar-refractivity contribution in [2.75, 3.05) is 5.32 Å². The molecule has 0 aliphatic rings. The monoisotopic (exact) mass is 259 g/mol. The van der Waals surface area contributed by atoms with Crippen molar-refractivity contribution >= 4 is 11.6 Å². The van der Waals surface area contributed by atoms with Crippen LogP contribution in [0.25, 0.3) is 0 Å². The van der Waals surface area contributed by atoms with Crippen LogP contribution in [0, 0.1) is 6.92 Å². The average Bonchev–Trinajstić information content (AvgIpc) is 2.86. The molecular weight excluding hydrogens is 242 g/mol. The Morgan fingerprint density at radius 1 is 1.32 bits per heavy atom. The molecule has 4 heteroatoms. The number of hydrogen-bond donors (Lipinski definition) is 1. The van der Waals surface area contributed by atoms with Gasteiger partial charge in [-0.2, -0.15) is 0 Å². The molecule has 0 radical (unpaired) electrons. The number of carbonyl (C=O) groups excluding carboxylic acids is 1. The van der Waals surface area contributed by atoms with Crippen LogP contribution < -0.4 is 10.1 Å². The van der Waals surface area contributed by atoms with Crippen molar-refractivity contribution in [1.82, 2.24) is 0 Å². The van der Waals surface area contributed by atoms with Gasteiger partial charge in [-0.25, -0.2) is 0 Å². The maximum Gasteiger partial charge on any atom is 0.291 e. The van der Waals surface area contributed by atoms with Crippen molar-refractivity contribution in [3.8, 4) is 5.75 Å². The first kappa shape index (κ1) is 13.2. The highest BCUT2D eigenvalue weighted by Gasteiger charge is 2.10. The van der Waals surface area contributed by atoms with Crippen LogP contribution in [0.5, 0.6) is 5.75 Å². The van der Waals surface area contributed by atoms with E-state index in [4.69, 9.17) is 9.15 Å². The van der Waals surface area contributed by atoms with Crippen molar-refractivity contribution in [1.29, 1.82) is 0 Å². The Hall–Kier alpha value is -2.23. The third-order valence-electron chi connectivity index (χ3n) is 2.54. The summed E-state index contributed by atoms with van der Waals surface area (Å²) in [4.78, 5) is 11.8. The molecule has 0 bridgehead atoms. The molecule has 0 atom stereocenters. The molecule has 0 unspecified atom stereocenters. The third kappa shape index (κ3) is 3.37. The van der Waals surface area contributed by atoms with Gasteiger partial charge in [-0.1, -0.05) is 0 Å². The zero-order chi connectivity index (χ0) is 13.8. The number of nitrogens with one attached hydrogen (secondary N) is 1. The summed E-state index contributed by atoms with van der Waals surface area (Å²) in [5, 5.41) is 2.78. The van der Waals surface area contributed by atoms with Gasteiger partial charge >= 0.3 is 0 Å². The smallest absolute Gasteiger partial charge is 0.291 e. The van der Waals surface area contributed by atoms with Crippen molar-refractivity contribution in [3.05, 3.63) is 47.9 Å². The van der Waals surface area contributed by atoms with Gasteiger partial charge in [0.05, 0.1) is 12.4 Å². The molecular formula is C15H17NO3. The summed E-state index contributed by atoms with van der Waals surface area (Å²) >= 11 is 0. The van der Waals surface area contributed by atoms with E-state index in [0.29, 0.717) is 5.76 Å². The molecule has 0 aliphatic heterocycles. The van der Waals surface area contributed by atoms with E-state index in [9.17, 15) is 4.79 Å². The SMILES string of the molecule is Cc1cc(NC(=O)c2ccco2)ccc1OC(C)C. The lowest BCUT2D eigenvalue weighted by atomic mass is 10.2. The Morgan fingerprint density at radius 2 is 2.11 bits per heavy atom. The first-order valence-corrected chi connectivity index (χ1v) is 6.18. The van der Waals surface area contributed by atoms with Gasteiger partial charge in [0, 0.05) is 5.69 Å². The van der Waals surface area contributed by atoms with E-state index in [1.54, 1.807) is 12.1 Å². The molecule has 1 amide bonds. The van der Waals surface area contributed by atoms with E-state index in [-0.39, 0.29) is 12.0 Å². The van der Waals surface area contributed by atoms with Gasteiger partial charge in [0.2, 0.25) is 0 Å². The summed E-state index contributed by atoms with van der Waals surface area (Å²) in [5.74, 6) is 0.855. The number of rotatable bonds is 4. The van der Waals surface area contributed by atoms with Gasteiger partial charge in [-0.3, -0.25) is 4.79 Å². The number of amides is 1. The maximum atomic E-state index is 11.8. The summed E-state index contributed by atoms with van der Waals surface area (Å²) in [7, 11) is 0. The van der Waals surface area contributed by atoms with E-state index < -0.39 is 0 Å². The molecule has 0 aliphatic carbocycles. The van der Waals surface area contributed by atoms with Crippen molar-refractivity contribution in [2.24, 2.45) is 0 Å².